The smallest absolute Gasteiger partial charge is 0.380 e. The van der Waals surface area contributed by atoms with Crippen LogP contribution in [-0.2, 0) is 9.84 Å². The van der Waals surface area contributed by atoms with Crippen molar-refractivity contribution in [2.75, 3.05) is 6.26 Å². The molecule has 0 bridgehead atoms. The van der Waals surface area contributed by atoms with Gasteiger partial charge in [-0.25, -0.2) is 12.8 Å². The molecule has 0 aliphatic rings. The number of hydrogen-bond acceptors (Lipinski definition) is 3. The second-order valence-electron chi connectivity index (χ2n) is 3.14. The van der Waals surface area contributed by atoms with Gasteiger partial charge in [-0.1, -0.05) is 6.58 Å². The molecule has 0 heterocycles. The molecule has 0 aliphatic heterocycles. The molecule has 0 spiro atoms. The van der Waals surface area contributed by atoms with Gasteiger partial charge < -0.3 is 5.11 Å². The second-order valence-corrected chi connectivity index (χ2v) is 5.28. The van der Waals surface area contributed by atoms with E-state index in [0.717, 1.165) is 6.92 Å². The van der Waals surface area contributed by atoms with E-state index in [1.54, 1.807) is 0 Å². The van der Waals surface area contributed by atoms with Gasteiger partial charge in [0.15, 0.2) is 9.84 Å². The van der Waals surface area contributed by atoms with Gasteiger partial charge >= 0.3 is 6.18 Å². The van der Waals surface area contributed by atoms with E-state index in [1.165, 1.54) is 0 Å². The van der Waals surface area contributed by atoms with Crippen LogP contribution in [0.3, 0.4) is 0 Å². The van der Waals surface area contributed by atoms with Gasteiger partial charge in [0, 0.05) is 6.26 Å². The molecule has 0 saturated carbocycles. The van der Waals surface area contributed by atoms with Crippen LogP contribution in [0.5, 0.6) is 0 Å². The number of halogens is 4. The van der Waals surface area contributed by atoms with Crippen molar-refractivity contribution in [3.63, 3.8) is 0 Å². The molecule has 15 heavy (non-hydrogen) atoms. The minimum atomic E-state index is -5.38. The molecule has 0 aliphatic carbocycles. The Balaban J connectivity index is 5.65. The van der Waals surface area contributed by atoms with E-state index in [2.05, 4.69) is 6.58 Å². The summed E-state index contributed by atoms with van der Waals surface area (Å²) in [4.78, 5) is 0. The number of aliphatic hydroxyl groups is 1. The van der Waals surface area contributed by atoms with E-state index in [0.29, 0.717) is 0 Å². The number of hydrogen-bond donors (Lipinski definition) is 1. The third kappa shape index (κ3) is 2.49. The molecule has 1 N–H and O–H groups in total. The van der Waals surface area contributed by atoms with Crippen LogP contribution in [0, 0.1) is 0 Å². The van der Waals surface area contributed by atoms with Gasteiger partial charge in [-0.2, -0.15) is 13.2 Å². The van der Waals surface area contributed by atoms with Crippen molar-refractivity contribution in [3.05, 3.63) is 12.2 Å². The fourth-order valence-corrected chi connectivity index (χ4v) is 2.14. The first-order valence-electron chi connectivity index (χ1n) is 3.64. The number of rotatable bonds is 3. The average molecular weight is 250 g/mol. The minimum absolute atomic E-state index is 0.261. The number of aliphatic hydroxyl groups excluding tert-OH is 1. The van der Waals surface area contributed by atoms with E-state index < -0.39 is 32.7 Å². The Morgan fingerprint density at radius 3 is 1.73 bits per heavy atom. The molecular weight excluding hydrogens is 240 g/mol. The van der Waals surface area contributed by atoms with Gasteiger partial charge in [0.05, 0.1) is 0 Å². The Bertz CT molecular complexity index is 359. The van der Waals surface area contributed by atoms with E-state index in [9.17, 15) is 26.0 Å². The standard InChI is InChI=1S/C7H10F4O3S/c1-4(2)6(8,15(3,13)14)5(12)7(9,10)11/h5,12H,1H2,2-3H3. The maximum atomic E-state index is 13.7. The largest absolute Gasteiger partial charge is 0.418 e. The van der Waals surface area contributed by atoms with Crippen LogP contribution in [0.15, 0.2) is 12.2 Å². The highest BCUT2D eigenvalue weighted by Crippen LogP contribution is 2.38. The maximum absolute atomic E-state index is 13.7. The van der Waals surface area contributed by atoms with Crippen LogP contribution in [0.25, 0.3) is 0 Å². The quantitative estimate of drug-likeness (QED) is 0.604. The zero-order valence-corrected chi connectivity index (χ0v) is 8.78. The number of alkyl halides is 4. The fraction of sp³-hybridized carbons (Fsp3) is 0.714. The second kappa shape index (κ2) is 3.75. The van der Waals surface area contributed by atoms with Gasteiger partial charge in [0.25, 0.3) is 5.00 Å². The summed E-state index contributed by atoms with van der Waals surface area (Å²) in [5.74, 6) is 0. The Hall–Kier alpha value is -0.630. The van der Waals surface area contributed by atoms with Gasteiger partial charge in [-0.15, -0.1) is 0 Å². The summed E-state index contributed by atoms with van der Waals surface area (Å²) in [6.07, 6.45) is -8.76. The predicted molar refractivity (Wildman–Crippen MR) is 45.6 cm³/mol. The van der Waals surface area contributed by atoms with Crippen molar-refractivity contribution >= 4 is 9.84 Å². The summed E-state index contributed by atoms with van der Waals surface area (Å²) >= 11 is 0. The molecular formula is C7H10F4O3S. The lowest BCUT2D eigenvalue weighted by molar-refractivity contribution is -0.222. The molecule has 2 atom stereocenters. The molecule has 0 fully saturated rings. The molecule has 0 aromatic carbocycles. The summed E-state index contributed by atoms with van der Waals surface area (Å²) < 4.78 is 71.5. The van der Waals surface area contributed by atoms with Crippen LogP contribution in [0.4, 0.5) is 17.6 Å². The monoisotopic (exact) mass is 250 g/mol. The molecule has 8 heteroatoms. The van der Waals surface area contributed by atoms with E-state index in [4.69, 9.17) is 5.11 Å². The van der Waals surface area contributed by atoms with Crippen molar-refractivity contribution in [3.8, 4) is 0 Å². The highest BCUT2D eigenvalue weighted by Gasteiger charge is 2.60. The SMILES string of the molecule is C=C(C)C(F)(C(O)C(F)(F)F)S(C)(=O)=O. The first-order valence-corrected chi connectivity index (χ1v) is 5.53. The molecule has 2 unspecified atom stereocenters. The number of sulfone groups is 1. The third-order valence-corrected chi connectivity index (χ3v) is 3.43. The van der Waals surface area contributed by atoms with Gasteiger partial charge in [-0.05, 0) is 12.5 Å². The van der Waals surface area contributed by atoms with Crippen molar-refractivity contribution in [1.29, 1.82) is 0 Å². The molecule has 0 aromatic heterocycles. The lowest BCUT2D eigenvalue weighted by Gasteiger charge is -2.30. The van der Waals surface area contributed by atoms with E-state index in [-0.39, 0.29) is 6.26 Å². The summed E-state index contributed by atoms with van der Waals surface area (Å²) in [5, 5.41) is 4.76. The highest BCUT2D eigenvalue weighted by atomic mass is 32.2. The molecule has 0 rings (SSSR count). The summed E-state index contributed by atoms with van der Waals surface area (Å²) in [6.45, 7) is 3.57. The molecule has 3 nitrogen and oxygen atoms in total. The Kier molecular flexibility index (Phi) is 3.59. The third-order valence-electron chi connectivity index (χ3n) is 1.78. The topological polar surface area (TPSA) is 54.4 Å². The first kappa shape index (κ1) is 14.4. The van der Waals surface area contributed by atoms with E-state index >= 15 is 0 Å². The normalized spacial score (nSPS) is 19.4. The van der Waals surface area contributed by atoms with Crippen LogP contribution in [0.2, 0.25) is 0 Å². The molecule has 0 saturated heterocycles. The molecule has 0 aromatic rings. The lowest BCUT2D eigenvalue weighted by atomic mass is 10.1. The first-order chi connectivity index (χ1) is 6.35. The lowest BCUT2D eigenvalue weighted by Crippen LogP contribution is -2.53. The van der Waals surface area contributed by atoms with Crippen molar-refractivity contribution < 1.29 is 31.1 Å². The Morgan fingerprint density at radius 2 is 1.67 bits per heavy atom. The Labute approximate surface area is 84.3 Å². The summed E-state index contributed by atoms with van der Waals surface area (Å²) in [5.41, 5.74) is -0.921. The average Bonchev–Trinajstić information content (AvgIpc) is 1.97. The van der Waals surface area contributed by atoms with Crippen LogP contribution < -0.4 is 0 Å². The minimum Gasteiger partial charge on any atom is -0.380 e. The summed E-state index contributed by atoms with van der Waals surface area (Å²) in [6, 6.07) is 0. The van der Waals surface area contributed by atoms with Gasteiger partial charge in [-0.3, -0.25) is 0 Å². The molecule has 0 amide bonds. The van der Waals surface area contributed by atoms with Crippen LogP contribution >= 0.6 is 0 Å². The van der Waals surface area contributed by atoms with Crippen molar-refractivity contribution in [2.24, 2.45) is 0 Å². The maximum Gasteiger partial charge on any atom is 0.418 e. The van der Waals surface area contributed by atoms with Gasteiger partial charge in [0.2, 0.25) is 6.10 Å². The zero-order chi connectivity index (χ0) is 12.7. The molecule has 0 radical (unpaired) electrons. The highest BCUT2D eigenvalue weighted by molar-refractivity contribution is 7.92. The van der Waals surface area contributed by atoms with Crippen LogP contribution in [-0.4, -0.2) is 37.1 Å². The predicted octanol–water partition coefficient (Wildman–Crippen LogP) is 1.20. The van der Waals surface area contributed by atoms with Gasteiger partial charge in [0.1, 0.15) is 0 Å². The van der Waals surface area contributed by atoms with Crippen LogP contribution in [0.1, 0.15) is 6.92 Å². The zero-order valence-electron chi connectivity index (χ0n) is 7.97. The van der Waals surface area contributed by atoms with Crippen molar-refractivity contribution in [2.45, 2.75) is 24.2 Å². The van der Waals surface area contributed by atoms with E-state index in [1.807, 2.05) is 0 Å². The van der Waals surface area contributed by atoms with Crippen molar-refractivity contribution in [1.82, 2.24) is 0 Å². The summed E-state index contributed by atoms with van der Waals surface area (Å²) in [7, 11) is -4.78. The molecule has 90 valence electrons. The Morgan fingerprint density at radius 1 is 1.33 bits per heavy atom. The fourth-order valence-electron chi connectivity index (χ4n) is 0.963.